The predicted octanol–water partition coefficient (Wildman–Crippen LogP) is 2.93. The van der Waals surface area contributed by atoms with Crippen molar-refractivity contribution in [2.75, 3.05) is 25.0 Å². The number of hydrogen-bond acceptors (Lipinski definition) is 3. The Balaban J connectivity index is 1.95. The van der Waals surface area contributed by atoms with E-state index in [-0.39, 0.29) is 5.91 Å². The molecule has 21 heavy (non-hydrogen) atoms. The normalized spacial score (nSPS) is 15.6. The zero-order chi connectivity index (χ0) is 14.8. The van der Waals surface area contributed by atoms with Gasteiger partial charge in [0.15, 0.2) is 5.76 Å². The highest BCUT2D eigenvalue weighted by molar-refractivity contribution is 6.04. The molecular formula is C17H20N2O2. The lowest BCUT2D eigenvalue weighted by Crippen LogP contribution is -2.34. The molecule has 0 spiro atoms. The molecule has 0 fully saturated rings. The SMILES string of the molecule is CCc1ccc(C(=O)N2CCN(C)Cc3ccccc32)o1. The molecule has 0 saturated heterocycles. The molecule has 0 bridgehead atoms. The average molecular weight is 284 g/mol. The van der Waals surface area contributed by atoms with E-state index in [1.54, 1.807) is 6.07 Å². The van der Waals surface area contributed by atoms with Gasteiger partial charge in [-0.2, -0.15) is 0 Å². The molecule has 0 aliphatic carbocycles. The van der Waals surface area contributed by atoms with Crippen LogP contribution in [0.25, 0.3) is 0 Å². The summed E-state index contributed by atoms with van der Waals surface area (Å²) >= 11 is 0. The van der Waals surface area contributed by atoms with Crippen molar-refractivity contribution in [3.05, 3.63) is 53.5 Å². The molecule has 1 aliphatic rings. The zero-order valence-corrected chi connectivity index (χ0v) is 12.5. The van der Waals surface area contributed by atoms with Crippen molar-refractivity contribution >= 4 is 11.6 Å². The summed E-state index contributed by atoms with van der Waals surface area (Å²) in [6.07, 6.45) is 0.798. The number of hydrogen-bond donors (Lipinski definition) is 0. The molecule has 0 atom stereocenters. The molecule has 4 heteroatoms. The maximum absolute atomic E-state index is 12.8. The van der Waals surface area contributed by atoms with Crippen LogP contribution >= 0.6 is 0 Å². The molecule has 3 rings (SSSR count). The smallest absolute Gasteiger partial charge is 0.294 e. The summed E-state index contributed by atoms with van der Waals surface area (Å²) in [5, 5.41) is 0. The molecule has 110 valence electrons. The summed E-state index contributed by atoms with van der Waals surface area (Å²) in [7, 11) is 2.08. The molecule has 1 amide bonds. The first-order valence-corrected chi connectivity index (χ1v) is 7.36. The molecule has 2 aromatic rings. The maximum atomic E-state index is 12.8. The fourth-order valence-corrected chi connectivity index (χ4v) is 2.70. The van der Waals surface area contributed by atoms with E-state index in [4.69, 9.17) is 4.42 Å². The van der Waals surface area contributed by atoms with Crippen LogP contribution in [0, 0.1) is 0 Å². The first-order chi connectivity index (χ1) is 10.2. The number of amides is 1. The monoisotopic (exact) mass is 284 g/mol. The van der Waals surface area contributed by atoms with Crippen LogP contribution in [0.4, 0.5) is 5.69 Å². The van der Waals surface area contributed by atoms with Crippen LogP contribution in [-0.2, 0) is 13.0 Å². The Morgan fingerprint density at radius 3 is 2.76 bits per heavy atom. The van der Waals surface area contributed by atoms with E-state index in [9.17, 15) is 4.79 Å². The Morgan fingerprint density at radius 2 is 2.00 bits per heavy atom. The van der Waals surface area contributed by atoms with Gasteiger partial charge in [0.1, 0.15) is 5.76 Å². The Kier molecular flexibility index (Phi) is 3.80. The van der Waals surface area contributed by atoms with Gasteiger partial charge in [-0.3, -0.25) is 4.79 Å². The minimum absolute atomic E-state index is 0.0579. The summed E-state index contributed by atoms with van der Waals surface area (Å²) in [6, 6.07) is 11.7. The van der Waals surface area contributed by atoms with Gasteiger partial charge in [0.05, 0.1) is 0 Å². The molecule has 1 aromatic carbocycles. The third kappa shape index (κ3) is 2.72. The van der Waals surface area contributed by atoms with E-state index in [1.165, 1.54) is 5.56 Å². The molecule has 0 radical (unpaired) electrons. The fourth-order valence-electron chi connectivity index (χ4n) is 2.70. The van der Waals surface area contributed by atoms with Gasteiger partial charge in [-0.15, -0.1) is 0 Å². The van der Waals surface area contributed by atoms with Crippen molar-refractivity contribution in [2.24, 2.45) is 0 Å². The maximum Gasteiger partial charge on any atom is 0.294 e. The lowest BCUT2D eigenvalue weighted by atomic mass is 10.1. The van der Waals surface area contributed by atoms with Crippen LogP contribution in [0.2, 0.25) is 0 Å². The Labute approximate surface area is 125 Å². The summed E-state index contributed by atoms with van der Waals surface area (Å²) < 4.78 is 5.63. The Morgan fingerprint density at radius 1 is 1.19 bits per heavy atom. The van der Waals surface area contributed by atoms with Crippen LogP contribution in [0.5, 0.6) is 0 Å². The molecule has 2 heterocycles. The van der Waals surface area contributed by atoms with Gasteiger partial charge in [-0.1, -0.05) is 25.1 Å². The van der Waals surface area contributed by atoms with Crippen molar-refractivity contribution in [1.29, 1.82) is 0 Å². The first-order valence-electron chi connectivity index (χ1n) is 7.36. The van der Waals surface area contributed by atoms with Crippen LogP contribution in [-0.4, -0.2) is 30.9 Å². The van der Waals surface area contributed by atoms with Gasteiger partial charge >= 0.3 is 0 Å². The molecule has 0 saturated carbocycles. The number of likely N-dealkylation sites (N-methyl/N-ethyl adjacent to an activating group) is 1. The Hall–Kier alpha value is -2.07. The third-order valence-corrected chi connectivity index (χ3v) is 3.89. The van der Waals surface area contributed by atoms with E-state index in [2.05, 4.69) is 18.0 Å². The highest BCUT2D eigenvalue weighted by Crippen LogP contribution is 2.26. The molecule has 1 aliphatic heterocycles. The largest absolute Gasteiger partial charge is 0.456 e. The van der Waals surface area contributed by atoms with E-state index >= 15 is 0 Å². The van der Waals surface area contributed by atoms with E-state index in [0.717, 1.165) is 31.0 Å². The number of anilines is 1. The van der Waals surface area contributed by atoms with Crippen molar-refractivity contribution < 1.29 is 9.21 Å². The topological polar surface area (TPSA) is 36.7 Å². The number of benzene rings is 1. The van der Waals surface area contributed by atoms with Crippen molar-refractivity contribution in [3.8, 4) is 0 Å². The van der Waals surface area contributed by atoms with E-state index in [1.807, 2.05) is 36.1 Å². The number of carbonyl (C=O) groups is 1. The van der Waals surface area contributed by atoms with Crippen LogP contribution in [0.1, 0.15) is 28.8 Å². The lowest BCUT2D eigenvalue weighted by molar-refractivity contribution is 0.0957. The van der Waals surface area contributed by atoms with Crippen molar-refractivity contribution in [3.63, 3.8) is 0 Å². The standard InChI is InChI=1S/C17H20N2O2/c1-3-14-8-9-16(21-14)17(20)19-11-10-18(2)12-13-6-4-5-7-15(13)19/h4-9H,3,10-12H2,1-2H3. The molecular weight excluding hydrogens is 264 g/mol. The highest BCUT2D eigenvalue weighted by atomic mass is 16.4. The average Bonchev–Trinajstić information content (AvgIpc) is 2.91. The molecule has 4 nitrogen and oxygen atoms in total. The number of fused-ring (bicyclic) bond motifs is 1. The van der Waals surface area contributed by atoms with Gasteiger partial charge in [0.25, 0.3) is 5.91 Å². The quantitative estimate of drug-likeness (QED) is 0.851. The zero-order valence-electron chi connectivity index (χ0n) is 12.5. The number of nitrogens with zero attached hydrogens (tertiary/aromatic N) is 2. The molecule has 0 unspecified atom stereocenters. The first kappa shape index (κ1) is 13.9. The minimum atomic E-state index is -0.0579. The summed E-state index contributed by atoms with van der Waals surface area (Å²) in [6.45, 7) is 4.40. The van der Waals surface area contributed by atoms with Crippen molar-refractivity contribution in [2.45, 2.75) is 19.9 Å². The lowest BCUT2D eigenvalue weighted by Gasteiger charge is -2.21. The Bertz CT molecular complexity index is 648. The molecule has 0 N–H and O–H groups in total. The van der Waals surface area contributed by atoms with Gasteiger partial charge in [0, 0.05) is 31.7 Å². The van der Waals surface area contributed by atoms with Gasteiger partial charge in [-0.05, 0) is 30.8 Å². The van der Waals surface area contributed by atoms with Crippen LogP contribution < -0.4 is 4.90 Å². The predicted molar refractivity (Wildman–Crippen MR) is 82.5 cm³/mol. The third-order valence-electron chi connectivity index (χ3n) is 3.89. The van der Waals surface area contributed by atoms with Crippen molar-refractivity contribution in [1.82, 2.24) is 4.90 Å². The van der Waals surface area contributed by atoms with E-state index in [0.29, 0.717) is 12.3 Å². The summed E-state index contributed by atoms with van der Waals surface area (Å²) in [5.74, 6) is 1.21. The van der Waals surface area contributed by atoms with Gasteiger partial charge in [-0.25, -0.2) is 0 Å². The van der Waals surface area contributed by atoms with Crippen LogP contribution in [0.15, 0.2) is 40.8 Å². The van der Waals surface area contributed by atoms with Gasteiger partial charge in [0.2, 0.25) is 0 Å². The summed E-state index contributed by atoms with van der Waals surface area (Å²) in [5.41, 5.74) is 2.16. The number of rotatable bonds is 2. The second-order valence-electron chi connectivity index (χ2n) is 5.44. The number of carbonyl (C=O) groups excluding carboxylic acids is 1. The fraction of sp³-hybridized carbons (Fsp3) is 0.353. The highest BCUT2D eigenvalue weighted by Gasteiger charge is 2.25. The molecule has 1 aromatic heterocycles. The number of para-hydroxylation sites is 1. The second-order valence-corrected chi connectivity index (χ2v) is 5.44. The number of furan rings is 1. The minimum Gasteiger partial charge on any atom is -0.456 e. The van der Waals surface area contributed by atoms with Gasteiger partial charge < -0.3 is 14.2 Å². The second kappa shape index (κ2) is 5.74. The van der Waals surface area contributed by atoms with E-state index < -0.39 is 0 Å². The van der Waals surface area contributed by atoms with Crippen LogP contribution in [0.3, 0.4) is 0 Å². The summed E-state index contributed by atoms with van der Waals surface area (Å²) in [4.78, 5) is 16.8. The number of aryl methyl sites for hydroxylation is 1.